The van der Waals surface area contributed by atoms with Crippen LogP contribution in [0.5, 0.6) is 5.88 Å². The number of aromatic nitrogens is 1. The van der Waals surface area contributed by atoms with Crippen molar-refractivity contribution in [1.82, 2.24) is 10.3 Å². The molecule has 0 fully saturated rings. The van der Waals surface area contributed by atoms with Gasteiger partial charge in [0.05, 0.1) is 11.1 Å². The van der Waals surface area contributed by atoms with Crippen LogP contribution in [0.25, 0.3) is 11.1 Å². The van der Waals surface area contributed by atoms with E-state index in [2.05, 4.69) is 15.0 Å². The maximum Gasteiger partial charge on any atom is 0.422 e. The molecule has 0 saturated heterocycles. The lowest BCUT2D eigenvalue weighted by Gasteiger charge is -2.12. The van der Waals surface area contributed by atoms with Crippen LogP contribution in [0, 0.1) is 0 Å². The number of carbonyl (C=O) groups excluding carboxylic acids is 1. The van der Waals surface area contributed by atoms with Crippen molar-refractivity contribution in [3.8, 4) is 17.0 Å². The second-order valence-corrected chi connectivity index (χ2v) is 7.04. The molecule has 0 atom stereocenters. The highest BCUT2D eigenvalue weighted by atomic mass is 19.4. The van der Waals surface area contributed by atoms with Gasteiger partial charge in [-0.25, -0.2) is 4.98 Å². The molecule has 0 saturated carbocycles. The number of ether oxygens (including phenoxy) is 1. The average Bonchev–Trinajstić information content (AvgIpc) is 2.77. The molecule has 1 N–H and O–H groups in total. The van der Waals surface area contributed by atoms with Crippen molar-refractivity contribution in [3.63, 3.8) is 0 Å². The predicted molar refractivity (Wildman–Crippen MR) is 109 cm³/mol. The SMILES string of the molecule is O=C(NCCc1ccc(-c2ccc(OCC(F)(F)F)nc2)cc1)c1ccccc1C(F)(F)F. The molecule has 1 amide bonds. The molecule has 0 aliphatic heterocycles. The minimum absolute atomic E-state index is 0.136. The minimum Gasteiger partial charge on any atom is -0.468 e. The maximum absolute atomic E-state index is 13.0. The third kappa shape index (κ3) is 6.96. The number of halogens is 6. The Kier molecular flexibility index (Phi) is 7.25. The molecule has 0 spiro atoms. The largest absolute Gasteiger partial charge is 0.468 e. The Morgan fingerprint density at radius 1 is 0.879 bits per heavy atom. The van der Waals surface area contributed by atoms with Crippen molar-refractivity contribution in [3.05, 3.63) is 83.6 Å². The van der Waals surface area contributed by atoms with Crippen molar-refractivity contribution >= 4 is 5.91 Å². The zero-order valence-electron chi connectivity index (χ0n) is 17.0. The van der Waals surface area contributed by atoms with Gasteiger partial charge in [0.15, 0.2) is 6.61 Å². The second-order valence-electron chi connectivity index (χ2n) is 7.04. The van der Waals surface area contributed by atoms with Gasteiger partial charge in [-0.15, -0.1) is 0 Å². The van der Waals surface area contributed by atoms with Crippen molar-refractivity contribution < 1.29 is 35.9 Å². The summed E-state index contributed by atoms with van der Waals surface area (Å²) in [6, 6.07) is 14.6. The van der Waals surface area contributed by atoms with Crippen LogP contribution < -0.4 is 10.1 Å². The third-order valence-corrected chi connectivity index (χ3v) is 4.58. The first kappa shape index (κ1) is 24.1. The van der Waals surface area contributed by atoms with Gasteiger partial charge < -0.3 is 10.1 Å². The van der Waals surface area contributed by atoms with Gasteiger partial charge in [-0.2, -0.15) is 26.3 Å². The smallest absolute Gasteiger partial charge is 0.422 e. The number of nitrogens with one attached hydrogen (secondary N) is 1. The maximum atomic E-state index is 13.0. The van der Waals surface area contributed by atoms with Crippen molar-refractivity contribution in [2.45, 2.75) is 18.8 Å². The van der Waals surface area contributed by atoms with E-state index in [1.54, 1.807) is 30.3 Å². The molecule has 33 heavy (non-hydrogen) atoms. The molecule has 2 aromatic carbocycles. The zero-order chi connectivity index (χ0) is 24.1. The van der Waals surface area contributed by atoms with E-state index in [0.29, 0.717) is 12.0 Å². The Morgan fingerprint density at radius 2 is 1.55 bits per heavy atom. The van der Waals surface area contributed by atoms with Crippen molar-refractivity contribution in [1.29, 1.82) is 0 Å². The Labute approximate surface area is 185 Å². The van der Waals surface area contributed by atoms with Gasteiger partial charge in [-0.1, -0.05) is 36.4 Å². The number of rotatable bonds is 7. The van der Waals surface area contributed by atoms with Gasteiger partial charge in [0.2, 0.25) is 5.88 Å². The molecule has 0 unspecified atom stereocenters. The molecule has 4 nitrogen and oxygen atoms in total. The summed E-state index contributed by atoms with van der Waals surface area (Å²) in [6.45, 7) is -1.29. The van der Waals surface area contributed by atoms with Gasteiger partial charge in [0.25, 0.3) is 5.91 Å². The quantitative estimate of drug-likeness (QED) is 0.454. The molecular weight excluding hydrogens is 450 g/mol. The number of nitrogens with zero attached hydrogens (tertiary/aromatic N) is 1. The Balaban J connectivity index is 1.55. The number of alkyl halides is 6. The fourth-order valence-electron chi connectivity index (χ4n) is 3.00. The topological polar surface area (TPSA) is 51.2 Å². The van der Waals surface area contributed by atoms with Crippen LogP contribution in [0.4, 0.5) is 26.3 Å². The monoisotopic (exact) mass is 468 g/mol. The second kappa shape index (κ2) is 9.93. The molecule has 0 bridgehead atoms. The summed E-state index contributed by atoms with van der Waals surface area (Å²) in [5, 5.41) is 2.49. The fraction of sp³-hybridized carbons (Fsp3) is 0.217. The molecule has 1 aromatic heterocycles. The number of carbonyl (C=O) groups is 1. The van der Waals surface area contributed by atoms with Crippen LogP contribution >= 0.6 is 0 Å². The van der Waals surface area contributed by atoms with Gasteiger partial charge >= 0.3 is 12.4 Å². The highest BCUT2D eigenvalue weighted by Gasteiger charge is 2.34. The van der Waals surface area contributed by atoms with Crippen molar-refractivity contribution in [2.75, 3.05) is 13.2 Å². The highest BCUT2D eigenvalue weighted by Crippen LogP contribution is 2.31. The number of benzene rings is 2. The van der Waals surface area contributed by atoms with E-state index in [4.69, 9.17) is 0 Å². The van der Waals surface area contributed by atoms with Crippen LogP contribution in [-0.4, -0.2) is 30.2 Å². The number of pyridine rings is 1. The summed E-state index contributed by atoms with van der Waals surface area (Å²) in [6.07, 6.45) is -7.29. The molecule has 0 aliphatic rings. The van der Waals surface area contributed by atoms with Crippen LogP contribution in [0.1, 0.15) is 21.5 Å². The highest BCUT2D eigenvalue weighted by molar-refractivity contribution is 5.95. The number of amides is 1. The lowest BCUT2D eigenvalue weighted by molar-refractivity contribution is -0.154. The van der Waals surface area contributed by atoms with Gasteiger partial charge in [0.1, 0.15) is 0 Å². The van der Waals surface area contributed by atoms with E-state index in [-0.39, 0.29) is 12.4 Å². The van der Waals surface area contributed by atoms with Crippen LogP contribution in [0.15, 0.2) is 66.9 Å². The Hall–Kier alpha value is -3.56. The van der Waals surface area contributed by atoms with Crippen molar-refractivity contribution in [2.24, 2.45) is 0 Å². The van der Waals surface area contributed by atoms with Crippen LogP contribution in [-0.2, 0) is 12.6 Å². The molecular formula is C23H18F6N2O2. The first-order valence-electron chi connectivity index (χ1n) is 9.72. The molecule has 3 aromatic rings. The Morgan fingerprint density at radius 3 is 2.15 bits per heavy atom. The average molecular weight is 468 g/mol. The third-order valence-electron chi connectivity index (χ3n) is 4.58. The summed E-state index contributed by atoms with van der Waals surface area (Å²) >= 11 is 0. The van der Waals surface area contributed by atoms with E-state index < -0.39 is 36.0 Å². The van der Waals surface area contributed by atoms with E-state index >= 15 is 0 Å². The van der Waals surface area contributed by atoms with E-state index in [0.717, 1.165) is 23.3 Å². The van der Waals surface area contributed by atoms with Crippen LogP contribution in [0.2, 0.25) is 0 Å². The Bertz CT molecular complexity index is 1080. The standard InChI is InChI=1S/C23H18F6N2O2/c24-22(25,26)14-33-20-10-9-17(13-31-20)16-7-5-15(6-8-16)11-12-30-21(32)18-3-1-2-4-19(18)23(27,28)29/h1-10,13H,11-12,14H2,(H,30,32). The summed E-state index contributed by atoms with van der Waals surface area (Å²) in [7, 11) is 0. The lowest BCUT2D eigenvalue weighted by atomic mass is 10.0. The predicted octanol–water partition coefficient (Wildman–Crippen LogP) is 5.68. The lowest BCUT2D eigenvalue weighted by Crippen LogP contribution is -2.28. The molecule has 0 radical (unpaired) electrons. The van der Waals surface area contributed by atoms with Gasteiger partial charge in [-0.3, -0.25) is 4.79 Å². The van der Waals surface area contributed by atoms with E-state index in [9.17, 15) is 31.1 Å². The van der Waals surface area contributed by atoms with Gasteiger partial charge in [0, 0.05) is 24.4 Å². The van der Waals surface area contributed by atoms with Crippen LogP contribution in [0.3, 0.4) is 0 Å². The molecule has 10 heteroatoms. The first-order valence-corrected chi connectivity index (χ1v) is 9.72. The minimum atomic E-state index is -4.62. The first-order chi connectivity index (χ1) is 15.5. The molecule has 1 heterocycles. The summed E-state index contributed by atoms with van der Waals surface area (Å²) in [5.74, 6) is -0.950. The normalized spacial score (nSPS) is 11.8. The van der Waals surface area contributed by atoms with E-state index in [1.807, 2.05) is 0 Å². The zero-order valence-corrected chi connectivity index (χ0v) is 17.0. The fourth-order valence-corrected chi connectivity index (χ4v) is 3.00. The molecule has 0 aliphatic carbocycles. The number of hydrogen-bond donors (Lipinski definition) is 1. The molecule has 174 valence electrons. The summed E-state index contributed by atoms with van der Waals surface area (Å²) in [5.41, 5.74) is 0.835. The van der Waals surface area contributed by atoms with E-state index in [1.165, 1.54) is 24.4 Å². The number of hydrogen-bond acceptors (Lipinski definition) is 3. The summed E-state index contributed by atoms with van der Waals surface area (Å²) in [4.78, 5) is 16.0. The summed E-state index contributed by atoms with van der Waals surface area (Å²) < 4.78 is 80.3. The molecule has 3 rings (SSSR count). The van der Waals surface area contributed by atoms with Gasteiger partial charge in [-0.05, 0) is 35.7 Å².